The van der Waals surface area contributed by atoms with Crippen LogP contribution in [0.2, 0.25) is 0 Å². The smallest absolute Gasteiger partial charge is 0.0546 e. The van der Waals surface area contributed by atoms with Gasteiger partial charge in [-0.2, -0.15) is 0 Å². The summed E-state index contributed by atoms with van der Waals surface area (Å²) in [6.45, 7) is 13.7. The predicted molar refractivity (Wildman–Crippen MR) is 260 cm³/mol. The summed E-state index contributed by atoms with van der Waals surface area (Å²) in [5.74, 6) is 0.415. The number of allylic oxidation sites excluding steroid dienone is 8. The van der Waals surface area contributed by atoms with E-state index in [1.165, 1.54) is 82.9 Å². The minimum atomic E-state index is 0.0603. The second-order valence-corrected chi connectivity index (χ2v) is 18.9. The molecule has 1 unspecified atom stereocenters. The van der Waals surface area contributed by atoms with E-state index in [0.717, 1.165) is 30.6 Å². The van der Waals surface area contributed by atoms with Gasteiger partial charge in [0, 0.05) is 39.4 Å². The van der Waals surface area contributed by atoms with Crippen LogP contribution in [0.4, 0.5) is 28.4 Å². The van der Waals surface area contributed by atoms with E-state index in [1.807, 2.05) is 0 Å². The Morgan fingerprint density at radius 3 is 1.67 bits per heavy atom. The van der Waals surface area contributed by atoms with Crippen LogP contribution in [0.1, 0.15) is 76.6 Å². The van der Waals surface area contributed by atoms with Gasteiger partial charge in [-0.15, -0.1) is 0 Å². The molecule has 7 aromatic rings. The molecule has 0 heterocycles. The van der Waals surface area contributed by atoms with E-state index in [-0.39, 0.29) is 10.8 Å². The second kappa shape index (κ2) is 14.7. The first-order valence-electron chi connectivity index (χ1n) is 21.8. The highest BCUT2D eigenvalue weighted by Gasteiger charge is 2.26. The molecule has 0 spiro atoms. The topological polar surface area (TPSA) is 6.48 Å². The van der Waals surface area contributed by atoms with Gasteiger partial charge < -0.3 is 9.80 Å². The fraction of sp³-hybridized carbons (Fsp3) is 0.207. The minimum Gasteiger partial charge on any atom is -0.310 e. The van der Waals surface area contributed by atoms with Crippen molar-refractivity contribution in [1.29, 1.82) is 0 Å². The Labute approximate surface area is 356 Å². The summed E-state index contributed by atoms with van der Waals surface area (Å²) >= 11 is 0. The molecule has 0 aliphatic heterocycles. The summed E-state index contributed by atoms with van der Waals surface area (Å²) in [6, 6.07) is 48.6. The van der Waals surface area contributed by atoms with Crippen LogP contribution in [0.3, 0.4) is 0 Å². The van der Waals surface area contributed by atoms with E-state index in [9.17, 15) is 0 Å². The first kappa shape index (κ1) is 37.9. The molecule has 0 bridgehead atoms. The van der Waals surface area contributed by atoms with Gasteiger partial charge in [-0.05, 0) is 134 Å². The van der Waals surface area contributed by atoms with E-state index >= 15 is 0 Å². The molecule has 60 heavy (non-hydrogen) atoms. The molecule has 2 nitrogen and oxygen atoms in total. The first-order valence-corrected chi connectivity index (χ1v) is 21.8. The lowest BCUT2D eigenvalue weighted by Gasteiger charge is -2.33. The summed E-state index contributed by atoms with van der Waals surface area (Å²) < 4.78 is 0. The molecule has 0 N–H and O–H groups in total. The molecule has 0 aromatic heterocycles. The van der Waals surface area contributed by atoms with Crippen LogP contribution < -0.4 is 9.80 Å². The van der Waals surface area contributed by atoms with Gasteiger partial charge in [0.15, 0.2) is 0 Å². The van der Waals surface area contributed by atoms with E-state index < -0.39 is 0 Å². The Hall–Kier alpha value is -6.38. The number of nitrogens with zero attached hydrogens (tertiary/aromatic N) is 2. The Morgan fingerprint density at radius 1 is 0.517 bits per heavy atom. The number of hydrogen-bond acceptors (Lipinski definition) is 2. The molecule has 3 aliphatic carbocycles. The number of aryl methyl sites for hydroxylation is 1. The summed E-state index contributed by atoms with van der Waals surface area (Å²) in [5.41, 5.74) is 13.9. The molecule has 0 radical (unpaired) electrons. The largest absolute Gasteiger partial charge is 0.310 e. The maximum absolute atomic E-state index is 2.51. The van der Waals surface area contributed by atoms with Crippen molar-refractivity contribution in [1.82, 2.24) is 0 Å². The summed E-state index contributed by atoms with van der Waals surface area (Å²) in [7, 11) is 0. The zero-order valence-electron chi connectivity index (χ0n) is 35.8. The highest BCUT2D eigenvalue weighted by Crippen LogP contribution is 2.48. The standard InChI is InChI=1S/C58H54N2/c1-57(2,3)43-25-31-45(32-26-43)59(47-29-23-39-15-7-9-17-41(39)35-47)55-37-53-50-20-12-14-22-52(50)56(38-54(53)49-19-11-13-21-51(49)55)60(46-33-27-44(28-34-46)58(4,5)6)48-30-24-40-16-8-10-18-42(40)36-48/h7,9-15,17-22,24-39H,8,16,23H2,1-6H3. The van der Waals surface area contributed by atoms with Gasteiger partial charge in [-0.25, -0.2) is 0 Å². The SMILES string of the molecule is CC(C)(C)c1ccc(N(C2=CCC3C=CC=CC3=C2)c2cc3c4ccccc4c(N(c4ccc(C(C)(C)C)cc4)c4ccc5c(c4)C=CCC5)cc3c3ccccc23)cc1. The molecule has 1 atom stereocenters. The second-order valence-electron chi connectivity index (χ2n) is 18.9. The average Bonchev–Trinajstić information content (AvgIpc) is 3.26. The van der Waals surface area contributed by atoms with Crippen molar-refractivity contribution in [2.75, 3.05) is 9.80 Å². The molecular formula is C58H54N2. The lowest BCUT2D eigenvalue weighted by Crippen LogP contribution is -2.20. The summed E-state index contributed by atoms with van der Waals surface area (Å²) in [6.07, 6.45) is 21.6. The lowest BCUT2D eigenvalue weighted by molar-refractivity contribution is 0.590. The van der Waals surface area contributed by atoms with Crippen molar-refractivity contribution in [3.05, 3.63) is 203 Å². The Bertz CT molecular complexity index is 2960. The molecule has 7 aromatic carbocycles. The van der Waals surface area contributed by atoms with E-state index in [2.05, 4.69) is 227 Å². The third-order valence-corrected chi connectivity index (χ3v) is 12.9. The van der Waals surface area contributed by atoms with E-state index in [1.54, 1.807) is 0 Å². The van der Waals surface area contributed by atoms with Gasteiger partial charge in [-0.1, -0.05) is 163 Å². The highest BCUT2D eigenvalue weighted by atomic mass is 15.2. The molecule has 0 amide bonds. The van der Waals surface area contributed by atoms with Crippen LogP contribution >= 0.6 is 0 Å². The molecule has 0 saturated carbocycles. The zero-order valence-corrected chi connectivity index (χ0v) is 35.8. The Morgan fingerprint density at radius 2 is 1.07 bits per heavy atom. The van der Waals surface area contributed by atoms with Gasteiger partial charge in [0.2, 0.25) is 0 Å². The van der Waals surface area contributed by atoms with Gasteiger partial charge in [-0.3, -0.25) is 0 Å². The quantitative estimate of drug-likeness (QED) is 0.155. The maximum Gasteiger partial charge on any atom is 0.0546 e. The van der Waals surface area contributed by atoms with Crippen molar-refractivity contribution in [3.8, 4) is 0 Å². The van der Waals surface area contributed by atoms with Crippen molar-refractivity contribution in [2.24, 2.45) is 5.92 Å². The predicted octanol–water partition coefficient (Wildman–Crippen LogP) is 16.3. The summed E-state index contributed by atoms with van der Waals surface area (Å²) in [4.78, 5) is 5.00. The van der Waals surface area contributed by atoms with Crippen LogP contribution in [0.5, 0.6) is 0 Å². The first-order chi connectivity index (χ1) is 29.0. The molecular weight excluding hydrogens is 725 g/mol. The Balaban J connectivity index is 1.23. The fourth-order valence-corrected chi connectivity index (χ4v) is 9.51. The number of rotatable bonds is 6. The van der Waals surface area contributed by atoms with Crippen LogP contribution in [-0.2, 0) is 17.3 Å². The number of anilines is 5. The molecule has 10 rings (SSSR count). The number of fused-ring (bicyclic) bond motifs is 7. The monoisotopic (exact) mass is 778 g/mol. The Kier molecular flexibility index (Phi) is 9.28. The van der Waals surface area contributed by atoms with Crippen LogP contribution in [0, 0.1) is 5.92 Å². The fourth-order valence-electron chi connectivity index (χ4n) is 9.51. The van der Waals surface area contributed by atoms with E-state index in [4.69, 9.17) is 0 Å². The van der Waals surface area contributed by atoms with Crippen LogP contribution in [0.25, 0.3) is 38.4 Å². The molecule has 3 aliphatic rings. The highest BCUT2D eigenvalue weighted by molar-refractivity contribution is 6.24. The third-order valence-electron chi connectivity index (χ3n) is 12.9. The van der Waals surface area contributed by atoms with Gasteiger partial charge >= 0.3 is 0 Å². The van der Waals surface area contributed by atoms with Gasteiger partial charge in [0.25, 0.3) is 0 Å². The molecule has 296 valence electrons. The van der Waals surface area contributed by atoms with Crippen LogP contribution in [0.15, 0.2) is 181 Å². The molecule has 0 fully saturated rings. The molecule has 0 saturated heterocycles. The average molecular weight is 779 g/mol. The van der Waals surface area contributed by atoms with Crippen molar-refractivity contribution in [3.63, 3.8) is 0 Å². The van der Waals surface area contributed by atoms with Crippen molar-refractivity contribution < 1.29 is 0 Å². The van der Waals surface area contributed by atoms with Gasteiger partial charge in [0.1, 0.15) is 0 Å². The third kappa shape index (κ3) is 6.79. The van der Waals surface area contributed by atoms with Crippen molar-refractivity contribution >= 4 is 66.8 Å². The molecule has 2 heteroatoms. The van der Waals surface area contributed by atoms with E-state index in [0.29, 0.717) is 5.92 Å². The van der Waals surface area contributed by atoms with Crippen LogP contribution in [-0.4, -0.2) is 0 Å². The summed E-state index contributed by atoms with van der Waals surface area (Å²) in [5, 5.41) is 7.43. The number of benzene rings is 7. The van der Waals surface area contributed by atoms with Crippen molar-refractivity contribution in [2.45, 2.75) is 71.6 Å². The van der Waals surface area contributed by atoms with Gasteiger partial charge in [0.05, 0.1) is 11.4 Å². The minimum absolute atomic E-state index is 0.0603. The lowest BCUT2D eigenvalue weighted by atomic mass is 9.86. The normalized spacial score (nSPS) is 16.1. The number of hydrogen-bond donors (Lipinski definition) is 0. The zero-order chi connectivity index (χ0) is 41.2. The maximum atomic E-state index is 2.51.